The van der Waals surface area contributed by atoms with Crippen molar-refractivity contribution in [2.75, 3.05) is 0 Å². The van der Waals surface area contributed by atoms with Crippen LogP contribution in [0.3, 0.4) is 0 Å². The molecular weight excluding hydrogens is 262 g/mol. The van der Waals surface area contributed by atoms with Crippen molar-refractivity contribution in [1.82, 2.24) is 4.90 Å². The maximum absolute atomic E-state index is 12.1. The number of carbonyl (C=O) groups is 2. The topological polar surface area (TPSA) is 37.4 Å². The normalized spacial score (nSPS) is 32.4. The van der Waals surface area contributed by atoms with Gasteiger partial charge in [0.2, 0.25) is 0 Å². The van der Waals surface area contributed by atoms with E-state index in [4.69, 9.17) is 0 Å². The summed E-state index contributed by atoms with van der Waals surface area (Å²) in [5.41, 5.74) is 0. The lowest BCUT2D eigenvalue weighted by molar-refractivity contribution is -0.140. The van der Waals surface area contributed by atoms with Crippen molar-refractivity contribution < 1.29 is 9.59 Å². The molecule has 1 aliphatic heterocycles. The van der Waals surface area contributed by atoms with Gasteiger partial charge in [-0.25, -0.2) is 0 Å². The Morgan fingerprint density at radius 1 is 0.905 bits per heavy atom. The first-order chi connectivity index (χ1) is 10.1. The SMILES string of the molecule is CCCC1C[C@H](N2C(=O)C=CC2=O)[C@@H](CCC)[C@H]1CCC. The van der Waals surface area contributed by atoms with E-state index in [0.717, 1.165) is 19.3 Å². The summed E-state index contributed by atoms with van der Waals surface area (Å²) in [6.45, 7) is 6.69. The Kier molecular flexibility index (Phi) is 5.60. The maximum Gasteiger partial charge on any atom is 0.253 e. The lowest BCUT2D eigenvalue weighted by Crippen LogP contribution is -2.43. The number of rotatable bonds is 7. The third-order valence-electron chi connectivity index (χ3n) is 5.27. The Bertz CT molecular complexity index is 397. The number of amides is 2. The van der Waals surface area contributed by atoms with Crippen LogP contribution in [0.2, 0.25) is 0 Å². The molecule has 0 aromatic rings. The molecule has 118 valence electrons. The van der Waals surface area contributed by atoms with Gasteiger partial charge in [-0.15, -0.1) is 0 Å². The minimum atomic E-state index is -0.0986. The van der Waals surface area contributed by atoms with Crippen LogP contribution in [0.25, 0.3) is 0 Å². The Morgan fingerprint density at radius 3 is 1.95 bits per heavy atom. The van der Waals surface area contributed by atoms with Gasteiger partial charge in [-0.1, -0.05) is 52.9 Å². The van der Waals surface area contributed by atoms with Gasteiger partial charge < -0.3 is 0 Å². The summed E-state index contributed by atoms with van der Waals surface area (Å²) in [4.78, 5) is 25.7. The zero-order chi connectivity index (χ0) is 15.4. The van der Waals surface area contributed by atoms with E-state index in [1.807, 2.05) is 0 Å². The van der Waals surface area contributed by atoms with Crippen molar-refractivity contribution in [3.05, 3.63) is 12.2 Å². The highest BCUT2D eigenvalue weighted by Crippen LogP contribution is 2.47. The molecule has 1 heterocycles. The molecule has 1 aliphatic carbocycles. The van der Waals surface area contributed by atoms with Gasteiger partial charge in [-0.05, 0) is 30.6 Å². The number of hydrogen-bond donors (Lipinski definition) is 0. The summed E-state index contributed by atoms with van der Waals surface area (Å²) in [6, 6.07) is 0.132. The van der Waals surface area contributed by atoms with E-state index in [1.54, 1.807) is 4.90 Å². The Hall–Kier alpha value is -1.12. The second-order valence-electron chi connectivity index (χ2n) is 6.64. The fourth-order valence-electron chi connectivity index (χ4n) is 4.56. The van der Waals surface area contributed by atoms with Crippen LogP contribution >= 0.6 is 0 Å². The first kappa shape index (κ1) is 16.3. The largest absolute Gasteiger partial charge is 0.272 e. The van der Waals surface area contributed by atoms with Crippen molar-refractivity contribution in [3.63, 3.8) is 0 Å². The maximum atomic E-state index is 12.1. The molecule has 3 heteroatoms. The molecule has 0 saturated heterocycles. The van der Waals surface area contributed by atoms with Gasteiger partial charge in [0.15, 0.2) is 0 Å². The highest BCUT2D eigenvalue weighted by atomic mass is 16.2. The van der Waals surface area contributed by atoms with Gasteiger partial charge in [-0.3, -0.25) is 14.5 Å². The van der Waals surface area contributed by atoms with Crippen LogP contribution in [0.4, 0.5) is 0 Å². The molecule has 2 aliphatic rings. The first-order valence-corrected chi connectivity index (χ1v) is 8.69. The van der Waals surface area contributed by atoms with Crippen molar-refractivity contribution >= 4 is 11.8 Å². The Morgan fingerprint density at radius 2 is 1.43 bits per heavy atom. The molecule has 0 N–H and O–H groups in total. The third kappa shape index (κ3) is 3.22. The van der Waals surface area contributed by atoms with Gasteiger partial charge in [0.05, 0.1) is 0 Å². The summed E-state index contributed by atoms with van der Waals surface area (Å²) in [5.74, 6) is 1.66. The van der Waals surface area contributed by atoms with Gasteiger partial charge in [0.1, 0.15) is 0 Å². The molecule has 0 aromatic heterocycles. The summed E-state index contributed by atoms with van der Waals surface area (Å²) < 4.78 is 0. The predicted octanol–water partition coefficient (Wildman–Crippen LogP) is 3.93. The average molecular weight is 291 g/mol. The number of hydrogen-bond acceptors (Lipinski definition) is 2. The fourth-order valence-corrected chi connectivity index (χ4v) is 4.56. The second-order valence-corrected chi connectivity index (χ2v) is 6.64. The van der Waals surface area contributed by atoms with Gasteiger partial charge in [0.25, 0.3) is 11.8 Å². The molecule has 0 aromatic carbocycles. The average Bonchev–Trinajstić information content (AvgIpc) is 2.94. The van der Waals surface area contributed by atoms with Gasteiger partial charge in [0, 0.05) is 18.2 Å². The molecule has 1 saturated carbocycles. The molecule has 2 rings (SSSR count). The zero-order valence-electron chi connectivity index (χ0n) is 13.7. The van der Waals surface area contributed by atoms with Crippen LogP contribution < -0.4 is 0 Å². The lowest BCUT2D eigenvalue weighted by atomic mass is 9.81. The van der Waals surface area contributed by atoms with Crippen molar-refractivity contribution in [2.24, 2.45) is 17.8 Å². The minimum absolute atomic E-state index is 0.0986. The molecule has 0 bridgehead atoms. The van der Waals surface area contributed by atoms with E-state index in [2.05, 4.69) is 20.8 Å². The molecule has 0 radical (unpaired) electrons. The van der Waals surface area contributed by atoms with E-state index in [-0.39, 0.29) is 17.9 Å². The van der Waals surface area contributed by atoms with Crippen LogP contribution in [-0.2, 0) is 9.59 Å². The first-order valence-electron chi connectivity index (χ1n) is 8.69. The number of imide groups is 1. The minimum Gasteiger partial charge on any atom is -0.272 e. The molecule has 3 nitrogen and oxygen atoms in total. The van der Waals surface area contributed by atoms with Crippen LogP contribution in [0.15, 0.2) is 12.2 Å². The van der Waals surface area contributed by atoms with E-state index >= 15 is 0 Å². The number of carbonyl (C=O) groups excluding carboxylic acids is 2. The zero-order valence-corrected chi connectivity index (χ0v) is 13.7. The predicted molar refractivity (Wildman–Crippen MR) is 84.6 cm³/mol. The Balaban J connectivity index is 2.22. The highest BCUT2D eigenvalue weighted by Gasteiger charge is 2.47. The summed E-state index contributed by atoms with van der Waals surface area (Å²) in [6.07, 6.45) is 11.0. The third-order valence-corrected chi connectivity index (χ3v) is 5.27. The fraction of sp³-hybridized carbons (Fsp3) is 0.778. The molecule has 4 atom stereocenters. The van der Waals surface area contributed by atoms with E-state index in [9.17, 15) is 9.59 Å². The molecule has 0 spiro atoms. The smallest absolute Gasteiger partial charge is 0.253 e. The molecular formula is C18H29NO2. The standard InChI is InChI=1S/C18H29NO2/c1-4-7-13-12-16(19-17(20)10-11-18(19)21)15(9-6-3)14(13)8-5-2/h10-11,13-16H,4-9,12H2,1-3H3/t13?,14-,15-,16-/m0/s1. The quantitative estimate of drug-likeness (QED) is 0.666. The summed E-state index contributed by atoms with van der Waals surface area (Å²) in [5, 5.41) is 0. The molecule has 1 unspecified atom stereocenters. The van der Waals surface area contributed by atoms with Crippen molar-refractivity contribution in [3.8, 4) is 0 Å². The van der Waals surface area contributed by atoms with Crippen molar-refractivity contribution in [2.45, 2.75) is 71.8 Å². The molecule has 21 heavy (non-hydrogen) atoms. The van der Waals surface area contributed by atoms with Crippen LogP contribution in [0.5, 0.6) is 0 Å². The van der Waals surface area contributed by atoms with Crippen LogP contribution in [0.1, 0.15) is 65.7 Å². The van der Waals surface area contributed by atoms with E-state index < -0.39 is 0 Å². The van der Waals surface area contributed by atoms with Crippen LogP contribution in [0, 0.1) is 17.8 Å². The Labute approximate surface area is 128 Å². The lowest BCUT2D eigenvalue weighted by Gasteiger charge is -2.30. The number of nitrogens with zero attached hydrogens (tertiary/aromatic N) is 1. The monoisotopic (exact) mass is 291 g/mol. The summed E-state index contributed by atoms with van der Waals surface area (Å²) in [7, 11) is 0. The molecule has 2 amide bonds. The van der Waals surface area contributed by atoms with Gasteiger partial charge in [-0.2, -0.15) is 0 Å². The summed E-state index contributed by atoms with van der Waals surface area (Å²) >= 11 is 0. The highest BCUT2D eigenvalue weighted by molar-refractivity contribution is 6.13. The van der Waals surface area contributed by atoms with E-state index in [1.165, 1.54) is 37.8 Å². The molecule has 1 fully saturated rings. The van der Waals surface area contributed by atoms with Gasteiger partial charge >= 0.3 is 0 Å². The second kappa shape index (κ2) is 7.24. The van der Waals surface area contributed by atoms with E-state index in [0.29, 0.717) is 17.8 Å². The van der Waals surface area contributed by atoms with Crippen molar-refractivity contribution in [1.29, 1.82) is 0 Å². The van der Waals surface area contributed by atoms with Crippen LogP contribution in [-0.4, -0.2) is 22.8 Å².